The highest BCUT2D eigenvalue weighted by Crippen LogP contribution is 2.20. The van der Waals surface area contributed by atoms with Gasteiger partial charge in [-0.3, -0.25) is 9.36 Å². The van der Waals surface area contributed by atoms with Gasteiger partial charge >= 0.3 is 0 Å². The molecule has 2 aromatic carbocycles. The van der Waals surface area contributed by atoms with Crippen molar-refractivity contribution >= 4 is 39.3 Å². The molecule has 5 nitrogen and oxygen atoms in total. The summed E-state index contributed by atoms with van der Waals surface area (Å²) in [6.45, 7) is 0. The normalized spacial score (nSPS) is 10.5. The standard InChI is InChI=1S/C16H13BrN4OS/c17-12-5-4-6-13(9-12)19-15(22)10-23-16-20-18-11-21(16)14-7-2-1-3-8-14/h1-9,11H,10H2,(H,19,22). The summed E-state index contributed by atoms with van der Waals surface area (Å²) in [6, 6.07) is 17.3. The average molecular weight is 389 g/mol. The summed E-state index contributed by atoms with van der Waals surface area (Å²) in [4.78, 5) is 12.1. The molecule has 0 saturated carbocycles. The van der Waals surface area contributed by atoms with E-state index in [-0.39, 0.29) is 11.7 Å². The second kappa shape index (κ2) is 7.43. The van der Waals surface area contributed by atoms with Crippen LogP contribution in [0.2, 0.25) is 0 Å². The van der Waals surface area contributed by atoms with Gasteiger partial charge in [0.15, 0.2) is 5.16 Å². The minimum atomic E-state index is -0.0873. The van der Waals surface area contributed by atoms with Crippen LogP contribution < -0.4 is 5.32 Å². The maximum Gasteiger partial charge on any atom is 0.234 e. The average Bonchev–Trinajstić information content (AvgIpc) is 3.02. The first-order valence-electron chi connectivity index (χ1n) is 6.86. The third-order valence-corrected chi connectivity index (χ3v) is 4.43. The molecule has 0 atom stereocenters. The number of carbonyl (C=O) groups is 1. The summed E-state index contributed by atoms with van der Waals surface area (Å²) in [5, 5.41) is 11.5. The summed E-state index contributed by atoms with van der Waals surface area (Å²) in [5.41, 5.74) is 1.72. The Hall–Kier alpha value is -2.12. The predicted molar refractivity (Wildman–Crippen MR) is 94.9 cm³/mol. The first kappa shape index (κ1) is 15.8. The number of amides is 1. The van der Waals surface area contributed by atoms with E-state index in [4.69, 9.17) is 0 Å². The number of benzene rings is 2. The highest BCUT2D eigenvalue weighted by atomic mass is 79.9. The smallest absolute Gasteiger partial charge is 0.234 e. The zero-order valence-electron chi connectivity index (χ0n) is 12.0. The van der Waals surface area contributed by atoms with Crippen LogP contribution in [0.3, 0.4) is 0 Å². The zero-order valence-corrected chi connectivity index (χ0v) is 14.4. The molecule has 0 aliphatic heterocycles. The van der Waals surface area contributed by atoms with Gasteiger partial charge in [-0.25, -0.2) is 0 Å². The minimum Gasteiger partial charge on any atom is -0.325 e. The molecule has 1 N–H and O–H groups in total. The van der Waals surface area contributed by atoms with Crippen LogP contribution in [0.1, 0.15) is 0 Å². The van der Waals surface area contributed by atoms with Gasteiger partial charge in [0.1, 0.15) is 6.33 Å². The van der Waals surface area contributed by atoms with Crippen molar-refractivity contribution < 1.29 is 4.79 Å². The number of carbonyl (C=O) groups excluding carboxylic acids is 1. The van der Waals surface area contributed by atoms with Gasteiger partial charge in [-0.1, -0.05) is 52.0 Å². The summed E-state index contributed by atoms with van der Waals surface area (Å²) in [5.74, 6) is 0.175. The van der Waals surface area contributed by atoms with E-state index in [9.17, 15) is 4.79 Å². The second-order valence-corrected chi connectivity index (χ2v) is 6.52. The third-order valence-electron chi connectivity index (χ3n) is 2.99. The van der Waals surface area contributed by atoms with Gasteiger partial charge in [0.05, 0.1) is 5.75 Å². The lowest BCUT2D eigenvalue weighted by Gasteiger charge is -2.07. The van der Waals surface area contributed by atoms with Gasteiger partial charge in [0, 0.05) is 15.8 Å². The molecule has 0 saturated heterocycles. The highest BCUT2D eigenvalue weighted by Gasteiger charge is 2.10. The first-order valence-corrected chi connectivity index (χ1v) is 8.64. The molecule has 116 valence electrons. The fourth-order valence-electron chi connectivity index (χ4n) is 1.98. The highest BCUT2D eigenvalue weighted by molar-refractivity contribution is 9.10. The monoisotopic (exact) mass is 388 g/mol. The lowest BCUT2D eigenvalue weighted by molar-refractivity contribution is -0.113. The molecule has 0 bridgehead atoms. The Kier molecular flexibility index (Phi) is 5.09. The Morgan fingerprint density at radius 2 is 2.00 bits per heavy atom. The van der Waals surface area contributed by atoms with E-state index in [0.29, 0.717) is 5.16 Å². The van der Waals surface area contributed by atoms with E-state index < -0.39 is 0 Å². The van der Waals surface area contributed by atoms with Crippen molar-refractivity contribution in [2.75, 3.05) is 11.1 Å². The maximum absolute atomic E-state index is 12.1. The number of halogens is 1. The second-order valence-electron chi connectivity index (χ2n) is 4.67. The van der Waals surface area contributed by atoms with Gasteiger partial charge < -0.3 is 5.32 Å². The van der Waals surface area contributed by atoms with Gasteiger partial charge in [0.25, 0.3) is 0 Å². The van der Waals surface area contributed by atoms with Crippen molar-refractivity contribution in [2.24, 2.45) is 0 Å². The number of nitrogens with zero attached hydrogens (tertiary/aromatic N) is 3. The summed E-state index contributed by atoms with van der Waals surface area (Å²) < 4.78 is 2.78. The first-order chi connectivity index (χ1) is 11.2. The Morgan fingerprint density at radius 1 is 1.17 bits per heavy atom. The fourth-order valence-corrected chi connectivity index (χ4v) is 3.11. The molecule has 1 heterocycles. The molecule has 1 amide bonds. The molecule has 1 aromatic heterocycles. The number of rotatable bonds is 5. The predicted octanol–water partition coefficient (Wildman–Crippen LogP) is 3.76. The molecule has 3 rings (SSSR count). The maximum atomic E-state index is 12.1. The van der Waals surface area contributed by atoms with Crippen molar-refractivity contribution in [3.05, 3.63) is 65.4 Å². The molecule has 7 heteroatoms. The largest absolute Gasteiger partial charge is 0.325 e. The van der Waals surface area contributed by atoms with Crippen LogP contribution in [0.4, 0.5) is 5.69 Å². The molecule has 0 unspecified atom stereocenters. The summed E-state index contributed by atoms with van der Waals surface area (Å²) in [7, 11) is 0. The van der Waals surface area contributed by atoms with Crippen molar-refractivity contribution in [3.63, 3.8) is 0 Å². The lowest BCUT2D eigenvalue weighted by atomic mass is 10.3. The molecule has 0 aliphatic rings. The molecule has 23 heavy (non-hydrogen) atoms. The molecular formula is C16H13BrN4OS. The molecule has 0 radical (unpaired) electrons. The van der Waals surface area contributed by atoms with Crippen molar-refractivity contribution in [1.82, 2.24) is 14.8 Å². The van der Waals surface area contributed by atoms with E-state index in [0.717, 1.165) is 15.8 Å². The number of aromatic nitrogens is 3. The molecule has 0 aliphatic carbocycles. The van der Waals surface area contributed by atoms with E-state index in [1.54, 1.807) is 6.33 Å². The molecular weight excluding hydrogens is 376 g/mol. The lowest BCUT2D eigenvalue weighted by Crippen LogP contribution is -2.14. The van der Waals surface area contributed by atoms with Crippen molar-refractivity contribution in [3.8, 4) is 5.69 Å². The van der Waals surface area contributed by atoms with E-state index in [2.05, 4.69) is 31.4 Å². The molecule has 0 spiro atoms. The quantitative estimate of drug-likeness (QED) is 0.675. The van der Waals surface area contributed by atoms with Gasteiger partial charge in [-0.2, -0.15) is 0 Å². The van der Waals surface area contributed by atoms with Crippen LogP contribution in [-0.4, -0.2) is 26.4 Å². The van der Waals surface area contributed by atoms with Gasteiger partial charge in [-0.05, 0) is 30.3 Å². The number of hydrogen-bond donors (Lipinski definition) is 1. The van der Waals surface area contributed by atoms with Crippen LogP contribution in [0.25, 0.3) is 5.69 Å². The SMILES string of the molecule is O=C(CSc1nncn1-c1ccccc1)Nc1cccc(Br)c1. The Labute approximate surface area is 146 Å². The Balaban J connectivity index is 1.63. The van der Waals surface area contributed by atoms with Crippen LogP contribution in [0, 0.1) is 0 Å². The minimum absolute atomic E-state index is 0.0873. The van der Waals surface area contributed by atoms with Crippen LogP contribution in [0.15, 0.2) is 70.6 Å². The Morgan fingerprint density at radius 3 is 2.78 bits per heavy atom. The van der Waals surface area contributed by atoms with E-state index in [1.165, 1.54) is 11.8 Å². The fraction of sp³-hybridized carbons (Fsp3) is 0.0625. The number of anilines is 1. The number of para-hydroxylation sites is 1. The molecule has 0 fully saturated rings. The summed E-state index contributed by atoms with van der Waals surface area (Å²) in [6.07, 6.45) is 1.64. The third kappa shape index (κ3) is 4.20. The van der Waals surface area contributed by atoms with E-state index in [1.807, 2.05) is 59.2 Å². The number of thioether (sulfide) groups is 1. The van der Waals surface area contributed by atoms with E-state index >= 15 is 0 Å². The van der Waals surface area contributed by atoms with Crippen LogP contribution in [0.5, 0.6) is 0 Å². The number of hydrogen-bond acceptors (Lipinski definition) is 4. The zero-order chi connectivity index (χ0) is 16.1. The van der Waals surface area contributed by atoms with Crippen LogP contribution >= 0.6 is 27.7 Å². The van der Waals surface area contributed by atoms with Gasteiger partial charge in [-0.15, -0.1) is 10.2 Å². The van der Waals surface area contributed by atoms with Crippen molar-refractivity contribution in [2.45, 2.75) is 5.16 Å². The Bertz CT molecular complexity index is 807. The van der Waals surface area contributed by atoms with Gasteiger partial charge in [0.2, 0.25) is 5.91 Å². The van der Waals surface area contributed by atoms with Crippen molar-refractivity contribution in [1.29, 1.82) is 0 Å². The molecule has 3 aromatic rings. The number of nitrogens with one attached hydrogen (secondary N) is 1. The topological polar surface area (TPSA) is 59.8 Å². The summed E-state index contributed by atoms with van der Waals surface area (Å²) >= 11 is 4.73. The van der Waals surface area contributed by atoms with Crippen LogP contribution in [-0.2, 0) is 4.79 Å².